The van der Waals surface area contributed by atoms with Gasteiger partial charge in [-0.05, 0) is 23.0 Å². The van der Waals surface area contributed by atoms with Crippen LogP contribution in [-0.2, 0) is 14.8 Å². The average Bonchev–Trinajstić information content (AvgIpc) is 2.60. The smallest absolute Gasteiger partial charge is 0.307 e. The Hall–Kier alpha value is -3.01. The van der Waals surface area contributed by atoms with Crippen molar-refractivity contribution in [1.82, 2.24) is 14.7 Å². The van der Waals surface area contributed by atoms with E-state index in [-0.39, 0.29) is 28.6 Å². The number of amides is 3. The van der Waals surface area contributed by atoms with Crippen LogP contribution in [0.25, 0.3) is 0 Å². The van der Waals surface area contributed by atoms with Gasteiger partial charge >= 0.3 is 6.03 Å². The second-order valence-corrected chi connectivity index (χ2v) is 8.79. The van der Waals surface area contributed by atoms with Gasteiger partial charge in [-0.25, -0.2) is 27.9 Å². The van der Waals surface area contributed by atoms with Gasteiger partial charge in [0.1, 0.15) is 4.90 Å². The topological polar surface area (TPSA) is 130 Å². The zero-order valence-electron chi connectivity index (χ0n) is 17.0. The van der Waals surface area contributed by atoms with Gasteiger partial charge in [0.25, 0.3) is 10.0 Å². The van der Waals surface area contributed by atoms with E-state index in [2.05, 4.69) is 20.6 Å². The number of benzene rings is 1. The highest BCUT2D eigenvalue weighted by Gasteiger charge is 2.21. The Labute approximate surface area is 170 Å². The minimum absolute atomic E-state index is 0.0339. The zero-order chi connectivity index (χ0) is 21.8. The van der Waals surface area contributed by atoms with Crippen LogP contribution < -0.4 is 15.4 Å². The highest BCUT2D eigenvalue weighted by molar-refractivity contribution is 7.90. The Morgan fingerprint density at radius 2 is 1.45 bits per heavy atom. The fourth-order valence-corrected chi connectivity index (χ4v) is 3.49. The molecule has 0 aliphatic heterocycles. The summed E-state index contributed by atoms with van der Waals surface area (Å²) in [5.41, 5.74) is 2.42. The quantitative estimate of drug-likeness (QED) is 0.659. The van der Waals surface area contributed by atoms with Crippen molar-refractivity contribution in [2.45, 2.75) is 51.3 Å². The number of aromatic nitrogens is 2. The van der Waals surface area contributed by atoms with Crippen LogP contribution in [0.15, 0.2) is 35.5 Å². The largest absolute Gasteiger partial charge is 0.333 e. The van der Waals surface area contributed by atoms with Gasteiger partial charge in [-0.1, -0.05) is 45.9 Å². The third kappa shape index (κ3) is 5.74. The van der Waals surface area contributed by atoms with E-state index in [1.54, 1.807) is 0 Å². The predicted molar refractivity (Wildman–Crippen MR) is 110 cm³/mol. The maximum absolute atomic E-state index is 12.5. The number of nitrogens with one attached hydrogen (secondary N) is 3. The third-order valence-electron chi connectivity index (χ3n) is 4.06. The van der Waals surface area contributed by atoms with E-state index in [4.69, 9.17) is 0 Å². The summed E-state index contributed by atoms with van der Waals surface area (Å²) < 4.78 is 26.9. The van der Waals surface area contributed by atoms with Gasteiger partial charge in [-0.3, -0.25) is 10.1 Å². The Balaban J connectivity index is 2.23. The van der Waals surface area contributed by atoms with Crippen molar-refractivity contribution in [3.63, 3.8) is 0 Å². The summed E-state index contributed by atoms with van der Waals surface area (Å²) in [5, 5.41) is 5.01. The molecule has 3 amide bonds. The molecule has 0 spiro atoms. The summed E-state index contributed by atoms with van der Waals surface area (Å²) in [4.78, 5) is 30.7. The Morgan fingerprint density at radius 1 is 0.931 bits per heavy atom. The lowest BCUT2D eigenvalue weighted by Gasteiger charge is -2.20. The van der Waals surface area contributed by atoms with Crippen LogP contribution in [0.3, 0.4) is 0 Å². The van der Waals surface area contributed by atoms with Crippen LogP contribution in [0.5, 0.6) is 0 Å². The molecule has 1 aromatic heterocycles. The summed E-state index contributed by atoms with van der Waals surface area (Å²) in [6.07, 6.45) is 2.02. The molecule has 0 bridgehead atoms. The number of anilines is 2. The molecule has 10 heteroatoms. The molecule has 0 saturated carbocycles. The number of carbonyl (C=O) groups excluding carboxylic acids is 2. The summed E-state index contributed by atoms with van der Waals surface area (Å²) >= 11 is 0. The van der Waals surface area contributed by atoms with Crippen molar-refractivity contribution in [3.05, 3.63) is 41.7 Å². The summed E-state index contributed by atoms with van der Waals surface area (Å²) in [6, 6.07) is 4.83. The average molecular weight is 420 g/mol. The van der Waals surface area contributed by atoms with Gasteiger partial charge in [-0.2, -0.15) is 0 Å². The molecule has 2 aromatic rings. The van der Waals surface area contributed by atoms with Gasteiger partial charge in [0, 0.05) is 12.6 Å². The SMILES string of the molecule is CC(=O)Nc1ncc(S(=O)(=O)NC(=O)Nc2c(C(C)C)cccc2C(C)C)cn1. The first kappa shape index (κ1) is 22.3. The highest BCUT2D eigenvalue weighted by Crippen LogP contribution is 2.32. The Bertz CT molecular complexity index is 976. The molecule has 0 radical (unpaired) electrons. The van der Waals surface area contributed by atoms with Crippen molar-refractivity contribution in [2.24, 2.45) is 0 Å². The number of hydrogen-bond donors (Lipinski definition) is 3. The molecule has 0 aliphatic carbocycles. The van der Waals surface area contributed by atoms with Crippen LogP contribution in [0.2, 0.25) is 0 Å². The molecule has 0 saturated heterocycles. The van der Waals surface area contributed by atoms with E-state index in [0.29, 0.717) is 5.69 Å². The Morgan fingerprint density at radius 3 is 1.90 bits per heavy atom. The zero-order valence-corrected chi connectivity index (χ0v) is 17.8. The van der Waals surface area contributed by atoms with Gasteiger partial charge in [0.2, 0.25) is 11.9 Å². The van der Waals surface area contributed by atoms with Crippen LogP contribution >= 0.6 is 0 Å². The molecule has 1 aromatic carbocycles. The number of para-hydroxylation sites is 1. The molecule has 29 heavy (non-hydrogen) atoms. The third-order valence-corrected chi connectivity index (χ3v) is 5.35. The molecular formula is C19H25N5O4S. The minimum atomic E-state index is -4.19. The highest BCUT2D eigenvalue weighted by atomic mass is 32.2. The second-order valence-electron chi connectivity index (χ2n) is 7.10. The number of nitrogens with zero attached hydrogens (tertiary/aromatic N) is 2. The number of sulfonamides is 1. The first-order valence-corrected chi connectivity index (χ1v) is 10.6. The number of hydrogen-bond acceptors (Lipinski definition) is 6. The normalized spacial score (nSPS) is 11.4. The molecule has 156 valence electrons. The number of carbonyl (C=O) groups is 2. The van der Waals surface area contributed by atoms with E-state index in [1.807, 2.05) is 50.6 Å². The van der Waals surface area contributed by atoms with Crippen molar-refractivity contribution in [3.8, 4) is 0 Å². The molecule has 0 unspecified atom stereocenters. The van der Waals surface area contributed by atoms with Gasteiger partial charge in [-0.15, -0.1) is 0 Å². The van der Waals surface area contributed by atoms with Crippen molar-refractivity contribution in [1.29, 1.82) is 0 Å². The molecule has 1 heterocycles. The van der Waals surface area contributed by atoms with Crippen LogP contribution in [0.1, 0.15) is 57.6 Å². The minimum Gasteiger partial charge on any atom is -0.307 e. The summed E-state index contributed by atoms with van der Waals surface area (Å²) in [6.45, 7) is 9.25. The van der Waals surface area contributed by atoms with E-state index < -0.39 is 16.1 Å². The van der Waals surface area contributed by atoms with E-state index in [9.17, 15) is 18.0 Å². The van der Waals surface area contributed by atoms with Crippen molar-refractivity contribution >= 4 is 33.6 Å². The summed E-state index contributed by atoms with van der Waals surface area (Å²) in [5.74, 6) is -0.151. The van der Waals surface area contributed by atoms with E-state index in [1.165, 1.54) is 6.92 Å². The molecule has 3 N–H and O–H groups in total. The molecule has 0 aliphatic rings. The van der Waals surface area contributed by atoms with Crippen LogP contribution in [0, 0.1) is 0 Å². The summed E-state index contributed by atoms with van der Waals surface area (Å²) in [7, 11) is -4.19. The Kier molecular flexibility index (Phi) is 6.91. The van der Waals surface area contributed by atoms with Gasteiger partial charge < -0.3 is 5.32 Å². The van der Waals surface area contributed by atoms with Crippen LogP contribution in [0.4, 0.5) is 16.4 Å². The van der Waals surface area contributed by atoms with Gasteiger partial charge in [0.05, 0.1) is 12.4 Å². The maximum atomic E-state index is 12.5. The first-order chi connectivity index (χ1) is 13.5. The standard InChI is InChI=1S/C19H25N5O4S/c1-11(2)15-7-6-8-16(12(3)4)17(15)23-19(26)24-29(27,28)14-9-20-18(21-10-14)22-13(5)25/h6-12H,1-5H3,(H2,23,24,26)(H,20,21,22,25). The first-order valence-electron chi connectivity index (χ1n) is 9.07. The predicted octanol–water partition coefficient (Wildman–Crippen LogP) is 3.19. The lowest BCUT2D eigenvalue weighted by Crippen LogP contribution is -2.35. The van der Waals surface area contributed by atoms with Crippen molar-refractivity contribution in [2.75, 3.05) is 10.6 Å². The number of rotatable bonds is 6. The van der Waals surface area contributed by atoms with Crippen molar-refractivity contribution < 1.29 is 18.0 Å². The number of urea groups is 1. The molecular weight excluding hydrogens is 394 g/mol. The molecule has 2 rings (SSSR count). The lowest BCUT2D eigenvalue weighted by molar-refractivity contribution is -0.114. The molecule has 0 atom stereocenters. The second kappa shape index (κ2) is 8.99. The lowest BCUT2D eigenvalue weighted by atomic mass is 9.93. The fraction of sp³-hybridized carbons (Fsp3) is 0.368. The maximum Gasteiger partial charge on any atom is 0.333 e. The van der Waals surface area contributed by atoms with E-state index in [0.717, 1.165) is 23.5 Å². The van der Waals surface area contributed by atoms with Crippen LogP contribution in [-0.4, -0.2) is 30.3 Å². The van der Waals surface area contributed by atoms with Gasteiger partial charge in [0.15, 0.2) is 0 Å². The molecule has 0 fully saturated rings. The molecule has 9 nitrogen and oxygen atoms in total. The fourth-order valence-electron chi connectivity index (χ4n) is 2.69. The van der Waals surface area contributed by atoms with E-state index >= 15 is 0 Å². The monoisotopic (exact) mass is 419 g/mol.